The van der Waals surface area contributed by atoms with Gasteiger partial charge in [-0.1, -0.05) is 22.0 Å². The van der Waals surface area contributed by atoms with E-state index < -0.39 is 9.84 Å². The van der Waals surface area contributed by atoms with Crippen LogP contribution < -0.4 is 5.73 Å². The number of halogens is 1. The summed E-state index contributed by atoms with van der Waals surface area (Å²) in [4.78, 5) is 0.404. The lowest BCUT2D eigenvalue weighted by Crippen LogP contribution is -2.33. The predicted molar refractivity (Wildman–Crippen MR) is 71.8 cm³/mol. The largest absolute Gasteiger partial charge is 0.327 e. The van der Waals surface area contributed by atoms with Crippen molar-refractivity contribution < 1.29 is 8.42 Å². The van der Waals surface area contributed by atoms with Crippen molar-refractivity contribution in [2.45, 2.75) is 36.1 Å². The van der Waals surface area contributed by atoms with E-state index in [0.29, 0.717) is 4.90 Å². The summed E-state index contributed by atoms with van der Waals surface area (Å²) in [6.07, 6.45) is 3.15. The van der Waals surface area contributed by atoms with E-state index in [-0.39, 0.29) is 11.5 Å². The molecule has 1 saturated carbocycles. The Morgan fingerprint density at radius 1 is 1.41 bits per heavy atom. The highest BCUT2D eigenvalue weighted by atomic mass is 79.9. The van der Waals surface area contributed by atoms with E-state index in [4.69, 9.17) is 5.73 Å². The minimum absolute atomic E-state index is 0.0401. The van der Waals surface area contributed by atoms with Crippen LogP contribution in [0.15, 0.2) is 27.6 Å². The van der Waals surface area contributed by atoms with Gasteiger partial charge in [0.1, 0.15) is 0 Å². The third-order valence-electron chi connectivity index (χ3n) is 3.53. The molecule has 1 aromatic carbocycles. The molecule has 1 atom stereocenters. The molecule has 1 aliphatic rings. The first kappa shape index (κ1) is 13.1. The molecule has 0 radical (unpaired) electrons. The molecule has 5 heteroatoms. The van der Waals surface area contributed by atoms with Gasteiger partial charge in [-0.05, 0) is 37.5 Å². The van der Waals surface area contributed by atoms with E-state index in [2.05, 4.69) is 15.9 Å². The normalized spacial score (nSPS) is 20.0. The fourth-order valence-corrected chi connectivity index (χ4v) is 4.27. The summed E-state index contributed by atoms with van der Waals surface area (Å²) in [5.74, 6) is 0. The molecule has 0 aliphatic heterocycles. The van der Waals surface area contributed by atoms with Crippen LogP contribution >= 0.6 is 15.9 Å². The third kappa shape index (κ3) is 2.16. The monoisotopic (exact) mass is 317 g/mol. The maximum Gasteiger partial charge on any atom is 0.175 e. The highest BCUT2D eigenvalue weighted by Crippen LogP contribution is 2.54. The highest BCUT2D eigenvalue weighted by Gasteiger charge is 2.50. The SMILES string of the molecule is CC(N)C1(c2c(Br)cccc2S(C)(=O)=O)CC1. The molecule has 0 amide bonds. The molecule has 1 unspecified atom stereocenters. The third-order valence-corrected chi connectivity index (χ3v) is 5.33. The van der Waals surface area contributed by atoms with Gasteiger partial charge in [0.25, 0.3) is 0 Å². The molecule has 1 aliphatic carbocycles. The number of hydrogen-bond donors (Lipinski definition) is 1. The summed E-state index contributed by atoms with van der Waals surface area (Å²) in [6, 6.07) is 5.26. The zero-order valence-electron chi connectivity index (χ0n) is 9.90. The number of benzene rings is 1. The van der Waals surface area contributed by atoms with Gasteiger partial charge in [0, 0.05) is 22.2 Å². The van der Waals surface area contributed by atoms with Gasteiger partial charge in [-0.2, -0.15) is 0 Å². The number of sulfone groups is 1. The predicted octanol–water partition coefficient (Wildman–Crippen LogP) is 2.23. The molecule has 3 nitrogen and oxygen atoms in total. The van der Waals surface area contributed by atoms with Crippen molar-refractivity contribution in [1.82, 2.24) is 0 Å². The molecule has 2 N–H and O–H groups in total. The van der Waals surface area contributed by atoms with Crippen molar-refractivity contribution >= 4 is 25.8 Å². The lowest BCUT2D eigenvalue weighted by molar-refractivity contribution is 0.540. The fraction of sp³-hybridized carbons (Fsp3) is 0.500. The first-order valence-corrected chi connectivity index (χ1v) is 8.22. The van der Waals surface area contributed by atoms with E-state index in [0.717, 1.165) is 22.9 Å². The Hall–Kier alpha value is -0.390. The minimum Gasteiger partial charge on any atom is -0.327 e. The Kier molecular flexibility index (Phi) is 3.13. The van der Waals surface area contributed by atoms with Crippen LogP contribution in [0.2, 0.25) is 0 Å². The lowest BCUT2D eigenvalue weighted by atomic mass is 9.89. The van der Waals surface area contributed by atoms with Crippen LogP contribution in [0.5, 0.6) is 0 Å². The molecule has 0 aromatic heterocycles. The van der Waals surface area contributed by atoms with E-state index in [1.165, 1.54) is 6.26 Å². The molecule has 0 saturated heterocycles. The van der Waals surface area contributed by atoms with Crippen LogP contribution in [0.4, 0.5) is 0 Å². The topological polar surface area (TPSA) is 60.2 Å². The van der Waals surface area contributed by atoms with Gasteiger partial charge in [0.05, 0.1) is 4.90 Å². The number of rotatable bonds is 3. The van der Waals surface area contributed by atoms with E-state index in [1.54, 1.807) is 12.1 Å². The molecule has 1 aromatic rings. The molecule has 17 heavy (non-hydrogen) atoms. The van der Waals surface area contributed by atoms with Crippen LogP contribution in [-0.4, -0.2) is 20.7 Å². The second-order valence-electron chi connectivity index (χ2n) is 4.83. The number of hydrogen-bond acceptors (Lipinski definition) is 3. The van der Waals surface area contributed by atoms with Gasteiger partial charge in [0.2, 0.25) is 0 Å². The Morgan fingerprint density at radius 3 is 2.41 bits per heavy atom. The fourth-order valence-electron chi connectivity index (χ4n) is 2.36. The molecule has 0 bridgehead atoms. The second-order valence-corrected chi connectivity index (χ2v) is 7.67. The van der Waals surface area contributed by atoms with Crippen LogP contribution in [-0.2, 0) is 15.3 Å². The summed E-state index contributed by atoms with van der Waals surface area (Å²) in [5.41, 5.74) is 6.72. The maximum atomic E-state index is 11.8. The summed E-state index contributed by atoms with van der Waals surface area (Å²) >= 11 is 3.46. The van der Waals surface area contributed by atoms with Crippen molar-refractivity contribution in [2.24, 2.45) is 5.73 Å². The minimum atomic E-state index is -3.22. The average molecular weight is 318 g/mol. The molecule has 0 spiro atoms. The Bertz CT molecular complexity index is 548. The molecular formula is C12H16BrNO2S. The van der Waals surface area contributed by atoms with Crippen LogP contribution in [0, 0.1) is 0 Å². The zero-order chi connectivity index (χ0) is 12.8. The van der Waals surface area contributed by atoms with Gasteiger partial charge < -0.3 is 5.73 Å². The summed E-state index contributed by atoms with van der Waals surface area (Å²) in [7, 11) is -3.22. The van der Waals surface area contributed by atoms with Crippen LogP contribution in [0.1, 0.15) is 25.3 Å². The molecule has 94 valence electrons. The second kappa shape index (κ2) is 4.07. The van der Waals surface area contributed by atoms with Crippen LogP contribution in [0.25, 0.3) is 0 Å². The van der Waals surface area contributed by atoms with E-state index in [9.17, 15) is 8.42 Å². The van der Waals surface area contributed by atoms with E-state index >= 15 is 0 Å². The lowest BCUT2D eigenvalue weighted by Gasteiger charge is -2.24. The van der Waals surface area contributed by atoms with Gasteiger partial charge in [0.15, 0.2) is 9.84 Å². The first-order valence-electron chi connectivity index (χ1n) is 5.54. The Labute approximate surface area is 110 Å². The smallest absolute Gasteiger partial charge is 0.175 e. The molecule has 0 heterocycles. The first-order chi connectivity index (χ1) is 7.79. The quantitative estimate of drug-likeness (QED) is 0.930. The Balaban J connectivity index is 2.69. The maximum absolute atomic E-state index is 11.8. The van der Waals surface area contributed by atoms with Crippen molar-refractivity contribution in [3.8, 4) is 0 Å². The van der Waals surface area contributed by atoms with Gasteiger partial charge in [-0.15, -0.1) is 0 Å². The van der Waals surface area contributed by atoms with Crippen molar-refractivity contribution in [3.63, 3.8) is 0 Å². The molecule has 1 fully saturated rings. The van der Waals surface area contributed by atoms with Crippen molar-refractivity contribution in [2.75, 3.05) is 6.26 Å². The van der Waals surface area contributed by atoms with Gasteiger partial charge in [-0.3, -0.25) is 0 Å². The zero-order valence-corrected chi connectivity index (χ0v) is 12.3. The summed E-state index contributed by atoms with van der Waals surface area (Å²) in [5, 5.41) is 0. The highest BCUT2D eigenvalue weighted by molar-refractivity contribution is 9.10. The summed E-state index contributed by atoms with van der Waals surface area (Å²) in [6.45, 7) is 1.94. The average Bonchev–Trinajstić information content (AvgIpc) is 2.96. The Morgan fingerprint density at radius 2 is 2.00 bits per heavy atom. The van der Waals surface area contributed by atoms with Crippen molar-refractivity contribution in [1.29, 1.82) is 0 Å². The standard InChI is InChI=1S/C12H16BrNO2S/c1-8(14)12(6-7-12)11-9(13)4-3-5-10(11)17(2,15)16/h3-5,8H,6-7,14H2,1-2H3. The molecule has 2 rings (SSSR count). The van der Waals surface area contributed by atoms with E-state index in [1.807, 2.05) is 13.0 Å². The van der Waals surface area contributed by atoms with Gasteiger partial charge in [-0.25, -0.2) is 8.42 Å². The van der Waals surface area contributed by atoms with Crippen LogP contribution in [0.3, 0.4) is 0 Å². The molecular weight excluding hydrogens is 302 g/mol. The summed E-state index contributed by atoms with van der Waals surface area (Å²) < 4.78 is 24.5. The number of nitrogens with two attached hydrogens (primary N) is 1. The van der Waals surface area contributed by atoms with Crippen molar-refractivity contribution in [3.05, 3.63) is 28.2 Å². The van der Waals surface area contributed by atoms with Gasteiger partial charge >= 0.3 is 0 Å².